The first kappa shape index (κ1) is 23.9. The van der Waals surface area contributed by atoms with E-state index in [-0.39, 0.29) is 18.1 Å². The lowest BCUT2D eigenvalue weighted by atomic mass is 10.1. The Kier molecular flexibility index (Phi) is 7.07. The molecular weight excluding hydrogens is 444 g/mol. The highest BCUT2D eigenvalue weighted by atomic mass is 16.3. The minimum Gasteiger partial charge on any atom is -0.390 e. The number of aliphatic hydroxyl groups is 1. The van der Waals surface area contributed by atoms with Crippen molar-refractivity contribution < 1.29 is 9.90 Å². The topological polar surface area (TPSA) is 128 Å². The summed E-state index contributed by atoms with van der Waals surface area (Å²) >= 11 is 0. The monoisotopic (exact) mass is 472 g/mol. The molecular formula is C26H28N6O3. The summed E-state index contributed by atoms with van der Waals surface area (Å²) in [6.07, 6.45) is 3.40. The van der Waals surface area contributed by atoms with Crippen LogP contribution in [0.15, 0.2) is 65.7 Å². The summed E-state index contributed by atoms with van der Waals surface area (Å²) in [5, 5.41) is 17.0. The number of nitrogen functional groups attached to an aromatic ring is 1. The van der Waals surface area contributed by atoms with Crippen molar-refractivity contribution in [2.75, 3.05) is 5.73 Å². The second-order valence-electron chi connectivity index (χ2n) is 8.44. The molecule has 1 aromatic carbocycles. The van der Waals surface area contributed by atoms with Crippen LogP contribution < -0.4 is 16.6 Å². The fourth-order valence-corrected chi connectivity index (χ4v) is 3.99. The zero-order chi connectivity index (χ0) is 24.9. The van der Waals surface area contributed by atoms with E-state index in [9.17, 15) is 14.7 Å². The molecule has 0 saturated carbocycles. The van der Waals surface area contributed by atoms with Gasteiger partial charge in [-0.15, -0.1) is 0 Å². The molecule has 35 heavy (non-hydrogen) atoms. The summed E-state index contributed by atoms with van der Waals surface area (Å²) in [5.74, 6) is 0.125. The summed E-state index contributed by atoms with van der Waals surface area (Å²) in [6, 6.07) is 14.7. The largest absolute Gasteiger partial charge is 0.390 e. The van der Waals surface area contributed by atoms with Crippen LogP contribution in [0.5, 0.6) is 0 Å². The smallest absolute Gasteiger partial charge is 0.255 e. The zero-order valence-electron chi connectivity index (χ0n) is 19.7. The van der Waals surface area contributed by atoms with Gasteiger partial charge < -0.3 is 20.7 Å². The Balaban J connectivity index is 1.43. The van der Waals surface area contributed by atoms with Gasteiger partial charge in [0.05, 0.1) is 25.3 Å². The normalized spacial score (nSPS) is 10.9. The van der Waals surface area contributed by atoms with Crippen molar-refractivity contribution in [3.63, 3.8) is 0 Å². The average molecular weight is 473 g/mol. The molecule has 0 bridgehead atoms. The molecule has 4 rings (SSSR count). The van der Waals surface area contributed by atoms with Crippen molar-refractivity contribution in [3.05, 3.63) is 110 Å². The number of carbonyl (C=O) groups excluding carboxylic acids is 1. The fraction of sp³-hybridized carbons (Fsp3) is 0.231. The molecule has 0 aliphatic rings. The van der Waals surface area contributed by atoms with E-state index < -0.39 is 0 Å². The highest BCUT2D eigenvalue weighted by Gasteiger charge is 2.17. The number of aryl methyl sites for hydroxylation is 2. The standard InChI is InChI=1S/C26H28N6O3/c1-17-11-24(27)29-18(2)21(17)12-28-26(35)22-15-32(30-23(22)16-33)14-20-8-6-19(7-9-20)13-31-10-4-3-5-25(31)34/h3-11,15,33H,12-14,16H2,1-2H3,(H2,27,29)(H,28,35). The van der Waals surface area contributed by atoms with E-state index in [0.29, 0.717) is 36.7 Å². The summed E-state index contributed by atoms with van der Waals surface area (Å²) in [5.41, 5.74) is 11.0. The first-order valence-electron chi connectivity index (χ1n) is 11.3. The molecule has 0 saturated heterocycles. The van der Waals surface area contributed by atoms with Gasteiger partial charge in [-0.25, -0.2) is 4.98 Å². The number of aliphatic hydroxyl groups excluding tert-OH is 1. The highest BCUT2D eigenvalue weighted by Crippen LogP contribution is 2.16. The minimum absolute atomic E-state index is 0.0477. The van der Waals surface area contributed by atoms with E-state index in [1.807, 2.05) is 44.2 Å². The summed E-state index contributed by atoms with van der Waals surface area (Å²) in [6.45, 7) is 4.65. The van der Waals surface area contributed by atoms with Crippen molar-refractivity contribution in [1.29, 1.82) is 0 Å². The summed E-state index contributed by atoms with van der Waals surface area (Å²) in [4.78, 5) is 29.0. The number of pyridine rings is 2. The molecule has 1 amide bonds. The van der Waals surface area contributed by atoms with E-state index in [2.05, 4.69) is 15.4 Å². The molecule has 0 aliphatic carbocycles. The minimum atomic E-state index is -0.345. The van der Waals surface area contributed by atoms with Crippen molar-refractivity contribution in [1.82, 2.24) is 24.6 Å². The maximum absolute atomic E-state index is 12.9. The number of amides is 1. The number of nitrogens with zero attached hydrogens (tertiary/aromatic N) is 4. The molecule has 0 radical (unpaired) electrons. The van der Waals surface area contributed by atoms with Gasteiger partial charge in [-0.3, -0.25) is 14.3 Å². The quantitative estimate of drug-likeness (QED) is 0.361. The number of anilines is 1. The lowest BCUT2D eigenvalue weighted by molar-refractivity contribution is 0.0947. The lowest BCUT2D eigenvalue weighted by Gasteiger charge is -2.11. The van der Waals surface area contributed by atoms with Crippen LogP contribution in [0.3, 0.4) is 0 Å². The van der Waals surface area contributed by atoms with Gasteiger partial charge in [0.1, 0.15) is 11.5 Å². The van der Waals surface area contributed by atoms with Crippen LogP contribution in [0.1, 0.15) is 44.0 Å². The van der Waals surface area contributed by atoms with Gasteiger partial charge in [0.15, 0.2) is 0 Å². The fourth-order valence-electron chi connectivity index (χ4n) is 3.99. The third-order valence-corrected chi connectivity index (χ3v) is 5.85. The molecule has 9 nitrogen and oxygen atoms in total. The maximum Gasteiger partial charge on any atom is 0.255 e. The van der Waals surface area contributed by atoms with Crippen molar-refractivity contribution >= 4 is 11.7 Å². The third-order valence-electron chi connectivity index (χ3n) is 5.85. The first-order chi connectivity index (χ1) is 16.8. The van der Waals surface area contributed by atoms with Crippen LogP contribution in [0.4, 0.5) is 5.82 Å². The number of carbonyl (C=O) groups is 1. The number of hydrogen-bond acceptors (Lipinski definition) is 6. The lowest BCUT2D eigenvalue weighted by Crippen LogP contribution is -2.24. The Labute approximate surface area is 202 Å². The number of benzene rings is 1. The Hall–Kier alpha value is -4.24. The van der Waals surface area contributed by atoms with Crippen molar-refractivity contribution in [2.45, 2.75) is 40.1 Å². The average Bonchev–Trinajstić information content (AvgIpc) is 3.24. The number of aromatic nitrogens is 4. The molecule has 180 valence electrons. The van der Waals surface area contributed by atoms with Crippen LogP contribution >= 0.6 is 0 Å². The molecule has 4 aromatic rings. The van der Waals surface area contributed by atoms with E-state index >= 15 is 0 Å². The summed E-state index contributed by atoms with van der Waals surface area (Å²) in [7, 11) is 0. The Morgan fingerprint density at radius 2 is 1.80 bits per heavy atom. The Morgan fingerprint density at radius 3 is 2.46 bits per heavy atom. The molecule has 0 fully saturated rings. The van der Waals surface area contributed by atoms with Gasteiger partial charge in [-0.1, -0.05) is 30.3 Å². The number of rotatable bonds is 8. The van der Waals surface area contributed by atoms with Gasteiger partial charge >= 0.3 is 0 Å². The summed E-state index contributed by atoms with van der Waals surface area (Å²) < 4.78 is 3.28. The molecule has 4 N–H and O–H groups in total. The second-order valence-corrected chi connectivity index (χ2v) is 8.44. The third kappa shape index (κ3) is 5.64. The highest BCUT2D eigenvalue weighted by molar-refractivity contribution is 5.95. The van der Waals surface area contributed by atoms with Crippen molar-refractivity contribution in [3.8, 4) is 0 Å². The van der Waals surface area contributed by atoms with Crippen LogP contribution in [-0.4, -0.2) is 30.3 Å². The van der Waals surface area contributed by atoms with E-state index in [1.54, 1.807) is 33.8 Å². The van der Waals surface area contributed by atoms with Gasteiger partial charge in [0, 0.05) is 30.7 Å². The molecule has 0 atom stereocenters. The van der Waals surface area contributed by atoms with Crippen LogP contribution in [0.25, 0.3) is 0 Å². The van der Waals surface area contributed by atoms with Crippen LogP contribution in [0.2, 0.25) is 0 Å². The van der Waals surface area contributed by atoms with E-state index in [1.165, 1.54) is 6.07 Å². The molecule has 0 spiro atoms. The predicted molar refractivity (Wildman–Crippen MR) is 133 cm³/mol. The van der Waals surface area contributed by atoms with Crippen molar-refractivity contribution in [2.24, 2.45) is 0 Å². The van der Waals surface area contributed by atoms with Crippen LogP contribution in [0, 0.1) is 13.8 Å². The van der Waals surface area contributed by atoms with Gasteiger partial charge in [-0.2, -0.15) is 5.10 Å². The predicted octanol–water partition coefficient (Wildman–Crippen LogP) is 2.16. The zero-order valence-corrected chi connectivity index (χ0v) is 19.7. The maximum atomic E-state index is 12.9. The SMILES string of the molecule is Cc1cc(N)nc(C)c1CNC(=O)c1cn(Cc2ccc(Cn3ccccc3=O)cc2)nc1CO. The molecule has 9 heteroatoms. The van der Waals surface area contributed by atoms with Crippen LogP contribution in [-0.2, 0) is 26.2 Å². The van der Waals surface area contributed by atoms with Gasteiger partial charge in [-0.05, 0) is 48.2 Å². The molecule has 0 aliphatic heterocycles. The van der Waals surface area contributed by atoms with E-state index in [0.717, 1.165) is 27.9 Å². The number of nitrogens with two attached hydrogens (primary N) is 1. The van der Waals surface area contributed by atoms with Gasteiger partial charge in [0.25, 0.3) is 11.5 Å². The Bertz CT molecular complexity index is 1380. The number of nitrogens with one attached hydrogen (secondary N) is 1. The Morgan fingerprint density at radius 1 is 1.09 bits per heavy atom. The molecule has 3 heterocycles. The number of hydrogen-bond donors (Lipinski definition) is 3. The first-order valence-corrected chi connectivity index (χ1v) is 11.3. The van der Waals surface area contributed by atoms with Gasteiger partial charge in [0.2, 0.25) is 0 Å². The molecule has 0 unspecified atom stereocenters. The van der Waals surface area contributed by atoms with E-state index in [4.69, 9.17) is 5.73 Å². The molecule has 3 aromatic heterocycles. The second kappa shape index (κ2) is 10.4.